The van der Waals surface area contributed by atoms with Crippen molar-refractivity contribution in [1.29, 1.82) is 0 Å². The van der Waals surface area contributed by atoms with Crippen LogP contribution in [-0.2, 0) is 4.79 Å². The zero-order valence-corrected chi connectivity index (χ0v) is 19.7. The van der Waals surface area contributed by atoms with Gasteiger partial charge in [0.1, 0.15) is 17.2 Å². The van der Waals surface area contributed by atoms with E-state index in [0.29, 0.717) is 34.3 Å². The number of rotatable bonds is 8. The fourth-order valence-electron chi connectivity index (χ4n) is 3.77. The highest BCUT2D eigenvalue weighted by Gasteiger charge is 2.26. The van der Waals surface area contributed by atoms with Gasteiger partial charge in [-0.25, -0.2) is 4.98 Å². The predicted octanol–water partition coefficient (Wildman–Crippen LogP) is 6.90. The van der Waals surface area contributed by atoms with Crippen molar-refractivity contribution in [3.05, 3.63) is 83.4 Å². The van der Waals surface area contributed by atoms with E-state index < -0.39 is 5.92 Å². The molecule has 0 fully saturated rings. The number of benzene rings is 3. The van der Waals surface area contributed by atoms with E-state index in [1.165, 1.54) is 13.2 Å². The van der Waals surface area contributed by atoms with Crippen LogP contribution in [-0.4, -0.2) is 23.1 Å². The summed E-state index contributed by atoms with van der Waals surface area (Å²) in [6.45, 7) is 1.99. The van der Waals surface area contributed by atoms with Gasteiger partial charge >= 0.3 is 0 Å². The van der Waals surface area contributed by atoms with Crippen LogP contribution < -0.4 is 10.1 Å². The van der Waals surface area contributed by atoms with Gasteiger partial charge in [0.2, 0.25) is 17.7 Å². The van der Waals surface area contributed by atoms with E-state index in [0.717, 1.165) is 17.5 Å². The van der Waals surface area contributed by atoms with E-state index in [2.05, 4.69) is 10.3 Å². The summed E-state index contributed by atoms with van der Waals surface area (Å²) in [5.74, 6) is 0.270. The minimum Gasteiger partial charge on any atom is -0.508 e. The largest absolute Gasteiger partial charge is 0.508 e. The standard InChI is InChI=1S/C27H25ClN2O4/c1-3-7-22(21-15-14-20(33-2)16-23(21)31)25(32)30-27-24(17-10-12-19(28)13-11-17)29-26(34-27)18-8-5-4-6-9-18/h4-6,8-16,22,31H,3,7H2,1-2H3,(H,30,32). The average molecular weight is 477 g/mol. The van der Waals surface area contributed by atoms with Crippen LogP contribution in [0.3, 0.4) is 0 Å². The molecule has 174 valence electrons. The van der Waals surface area contributed by atoms with Crippen LogP contribution in [0.15, 0.2) is 77.2 Å². The molecule has 7 heteroatoms. The molecule has 1 atom stereocenters. The van der Waals surface area contributed by atoms with Crippen molar-refractivity contribution < 1.29 is 19.1 Å². The fourth-order valence-corrected chi connectivity index (χ4v) is 3.90. The number of aromatic hydroxyl groups is 1. The molecule has 4 aromatic rings. The minimum atomic E-state index is -0.584. The minimum absolute atomic E-state index is 0.00780. The molecule has 0 spiro atoms. The van der Waals surface area contributed by atoms with Crippen LogP contribution in [0.5, 0.6) is 11.5 Å². The number of hydrogen-bond donors (Lipinski definition) is 2. The van der Waals surface area contributed by atoms with Crippen molar-refractivity contribution in [3.63, 3.8) is 0 Å². The van der Waals surface area contributed by atoms with Crippen molar-refractivity contribution in [2.75, 3.05) is 12.4 Å². The number of anilines is 1. The molecule has 1 unspecified atom stereocenters. The van der Waals surface area contributed by atoms with Crippen LogP contribution >= 0.6 is 11.6 Å². The molecule has 0 bridgehead atoms. The first-order valence-corrected chi connectivity index (χ1v) is 11.4. The topological polar surface area (TPSA) is 84.6 Å². The molecule has 1 heterocycles. The number of phenols is 1. The first kappa shape index (κ1) is 23.4. The summed E-state index contributed by atoms with van der Waals surface area (Å²) < 4.78 is 11.2. The highest BCUT2D eigenvalue weighted by molar-refractivity contribution is 6.30. The van der Waals surface area contributed by atoms with Crippen LogP contribution in [0.2, 0.25) is 5.02 Å². The molecule has 6 nitrogen and oxygen atoms in total. The maximum absolute atomic E-state index is 13.4. The Morgan fingerprint density at radius 3 is 2.47 bits per heavy atom. The Morgan fingerprint density at radius 2 is 1.82 bits per heavy atom. The molecule has 4 rings (SSSR count). The second kappa shape index (κ2) is 10.4. The van der Waals surface area contributed by atoms with Gasteiger partial charge in [-0.2, -0.15) is 0 Å². The first-order chi connectivity index (χ1) is 16.5. The molecular weight excluding hydrogens is 452 g/mol. The lowest BCUT2D eigenvalue weighted by Crippen LogP contribution is -2.21. The monoisotopic (exact) mass is 476 g/mol. The number of aromatic nitrogens is 1. The number of hydrogen-bond acceptors (Lipinski definition) is 5. The van der Waals surface area contributed by atoms with Crippen molar-refractivity contribution >= 4 is 23.4 Å². The number of phenolic OH excluding ortho intramolecular Hbond substituents is 1. The highest BCUT2D eigenvalue weighted by Crippen LogP contribution is 2.36. The molecule has 3 aromatic carbocycles. The molecule has 34 heavy (non-hydrogen) atoms. The van der Waals surface area contributed by atoms with E-state index in [9.17, 15) is 9.90 Å². The molecule has 2 N–H and O–H groups in total. The van der Waals surface area contributed by atoms with Gasteiger partial charge in [0, 0.05) is 27.8 Å². The Kier molecular flexibility index (Phi) is 7.18. The van der Waals surface area contributed by atoms with Gasteiger partial charge in [0.05, 0.1) is 13.0 Å². The number of amides is 1. The fraction of sp³-hybridized carbons (Fsp3) is 0.185. The molecule has 0 aliphatic carbocycles. The molecule has 0 saturated heterocycles. The zero-order valence-electron chi connectivity index (χ0n) is 18.9. The molecular formula is C27H25ClN2O4. The average Bonchev–Trinajstić information content (AvgIpc) is 3.27. The maximum atomic E-state index is 13.4. The Morgan fingerprint density at radius 1 is 1.09 bits per heavy atom. The Labute approximate surface area is 203 Å². The third-order valence-corrected chi connectivity index (χ3v) is 5.76. The lowest BCUT2D eigenvalue weighted by Gasteiger charge is -2.18. The lowest BCUT2D eigenvalue weighted by molar-refractivity contribution is -0.117. The molecule has 1 aromatic heterocycles. The smallest absolute Gasteiger partial charge is 0.234 e. The van der Waals surface area contributed by atoms with Crippen molar-refractivity contribution in [2.24, 2.45) is 0 Å². The number of nitrogens with one attached hydrogen (secondary N) is 1. The molecule has 0 radical (unpaired) electrons. The maximum Gasteiger partial charge on any atom is 0.234 e. The van der Waals surface area contributed by atoms with Crippen molar-refractivity contribution in [2.45, 2.75) is 25.7 Å². The summed E-state index contributed by atoms with van der Waals surface area (Å²) in [6, 6.07) is 21.6. The summed E-state index contributed by atoms with van der Waals surface area (Å²) in [6.07, 6.45) is 1.29. The van der Waals surface area contributed by atoms with E-state index in [1.807, 2.05) is 49.4 Å². The van der Waals surface area contributed by atoms with E-state index in [1.54, 1.807) is 24.3 Å². The van der Waals surface area contributed by atoms with Crippen LogP contribution in [0.25, 0.3) is 22.7 Å². The number of carbonyl (C=O) groups is 1. The van der Waals surface area contributed by atoms with Crippen LogP contribution in [0.4, 0.5) is 5.88 Å². The van der Waals surface area contributed by atoms with Gasteiger partial charge in [-0.1, -0.05) is 61.3 Å². The van der Waals surface area contributed by atoms with Gasteiger partial charge in [-0.15, -0.1) is 0 Å². The van der Waals surface area contributed by atoms with Crippen molar-refractivity contribution in [3.8, 4) is 34.2 Å². The second-order valence-corrected chi connectivity index (χ2v) is 8.26. The number of carbonyl (C=O) groups excluding carboxylic acids is 1. The Balaban J connectivity index is 1.71. The predicted molar refractivity (Wildman–Crippen MR) is 133 cm³/mol. The molecule has 0 saturated carbocycles. The summed E-state index contributed by atoms with van der Waals surface area (Å²) in [5, 5.41) is 14.0. The molecule has 0 aliphatic heterocycles. The summed E-state index contributed by atoms with van der Waals surface area (Å²) in [4.78, 5) is 18.1. The number of halogens is 1. The first-order valence-electron chi connectivity index (χ1n) is 11.0. The molecule has 0 aliphatic rings. The van der Waals surface area contributed by atoms with Gasteiger partial charge in [-0.05, 0) is 36.8 Å². The van der Waals surface area contributed by atoms with Gasteiger partial charge < -0.3 is 14.3 Å². The van der Waals surface area contributed by atoms with Crippen LogP contribution in [0, 0.1) is 0 Å². The normalized spacial score (nSPS) is 11.7. The Hall–Kier alpha value is -3.77. The number of oxazole rings is 1. The number of nitrogens with zero attached hydrogens (tertiary/aromatic N) is 1. The third kappa shape index (κ3) is 5.07. The third-order valence-electron chi connectivity index (χ3n) is 5.51. The quantitative estimate of drug-likeness (QED) is 0.289. The SMILES string of the molecule is CCCC(C(=O)Nc1oc(-c2ccccc2)nc1-c1ccc(Cl)cc1)c1ccc(OC)cc1O. The van der Waals surface area contributed by atoms with E-state index >= 15 is 0 Å². The van der Waals surface area contributed by atoms with Crippen LogP contribution in [0.1, 0.15) is 31.2 Å². The summed E-state index contributed by atoms with van der Waals surface area (Å²) in [5.41, 5.74) is 2.56. The molecule has 1 amide bonds. The summed E-state index contributed by atoms with van der Waals surface area (Å²) in [7, 11) is 1.53. The van der Waals surface area contributed by atoms with Crippen molar-refractivity contribution in [1.82, 2.24) is 4.98 Å². The van der Waals surface area contributed by atoms with E-state index in [4.69, 9.17) is 20.8 Å². The second-order valence-electron chi connectivity index (χ2n) is 7.82. The lowest BCUT2D eigenvalue weighted by atomic mass is 9.92. The number of ether oxygens (including phenoxy) is 1. The highest BCUT2D eigenvalue weighted by atomic mass is 35.5. The number of methoxy groups -OCH3 is 1. The summed E-state index contributed by atoms with van der Waals surface area (Å²) >= 11 is 6.06. The Bertz CT molecular complexity index is 1270. The van der Waals surface area contributed by atoms with Gasteiger partial charge in [0.15, 0.2) is 0 Å². The van der Waals surface area contributed by atoms with Gasteiger partial charge in [-0.3, -0.25) is 10.1 Å². The van der Waals surface area contributed by atoms with E-state index in [-0.39, 0.29) is 17.5 Å². The van der Waals surface area contributed by atoms with Gasteiger partial charge in [0.25, 0.3) is 0 Å². The zero-order chi connectivity index (χ0) is 24.1.